The zero-order valence-corrected chi connectivity index (χ0v) is 16.2. The molecule has 0 saturated carbocycles. The van der Waals surface area contributed by atoms with Crippen LogP contribution in [0.2, 0.25) is 0 Å². The summed E-state index contributed by atoms with van der Waals surface area (Å²) in [5, 5.41) is 2.71. The van der Waals surface area contributed by atoms with Crippen LogP contribution in [0.4, 0.5) is 18.9 Å². The number of carbonyl (C=O) groups is 1. The zero-order chi connectivity index (χ0) is 21.3. The van der Waals surface area contributed by atoms with Crippen LogP contribution in [0.25, 0.3) is 11.0 Å². The van der Waals surface area contributed by atoms with Crippen molar-refractivity contribution in [2.45, 2.75) is 39.4 Å². The van der Waals surface area contributed by atoms with E-state index in [1.807, 2.05) is 19.9 Å². The smallest absolute Gasteiger partial charge is 0.324 e. The number of aryl methyl sites for hydroxylation is 2. The molecule has 0 spiro atoms. The molecule has 3 rings (SSSR count). The number of amides is 1. The summed E-state index contributed by atoms with van der Waals surface area (Å²) in [5.74, 6) is -0.567. The highest BCUT2D eigenvalue weighted by Gasteiger charge is 2.38. The predicted molar refractivity (Wildman–Crippen MR) is 105 cm³/mol. The summed E-state index contributed by atoms with van der Waals surface area (Å²) < 4.78 is 41.0. The normalized spacial score (nSPS) is 12.8. The van der Waals surface area contributed by atoms with Gasteiger partial charge in [-0.05, 0) is 55.7 Å². The third kappa shape index (κ3) is 4.01. The van der Waals surface area contributed by atoms with Gasteiger partial charge in [-0.15, -0.1) is 0 Å². The van der Waals surface area contributed by atoms with Crippen LogP contribution in [0.5, 0.6) is 0 Å². The third-order valence-corrected chi connectivity index (χ3v) is 4.84. The van der Waals surface area contributed by atoms with Crippen molar-refractivity contribution in [3.63, 3.8) is 0 Å². The second-order valence-corrected chi connectivity index (χ2v) is 6.83. The molecule has 152 valence electrons. The highest BCUT2D eigenvalue weighted by Crippen LogP contribution is 2.28. The minimum Gasteiger partial charge on any atom is -0.324 e. The van der Waals surface area contributed by atoms with Gasteiger partial charge >= 0.3 is 6.18 Å². The third-order valence-electron chi connectivity index (χ3n) is 4.84. The van der Waals surface area contributed by atoms with E-state index in [0.717, 1.165) is 15.7 Å². The van der Waals surface area contributed by atoms with Crippen LogP contribution in [0.3, 0.4) is 0 Å². The van der Waals surface area contributed by atoms with Crippen LogP contribution < -0.4 is 10.9 Å². The van der Waals surface area contributed by atoms with E-state index in [-0.39, 0.29) is 17.5 Å². The van der Waals surface area contributed by atoms with E-state index in [9.17, 15) is 22.8 Å². The first-order valence-electron chi connectivity index (χ1n) is 9.10. The first-order chi connectivity index (χ1) is 13.6. The Kier molecular flexibility index (Phi) is 5.46. The lowest BCUT2D eigenvalue weighted by Gasteiger charge is -2.21. The van der Waals surface area contributed by atoms with Crippen molar-refractivity contribution < 1.29 is 18.0 Å². The molecule has 0 aliphatic heterocycles. The molecule has 0 fully saturated rings. The number of anilines is 1. The average molecular weight is 403 g/mol. The van der Waals surface area contributed by atoms with Crippen molar-refractivity contribution in [1.82, 2.24) is 9.55 Å². The molecular formula is C21H20F3N3O2. The van der Waals surface area contributed by atoms with Gasteiger partial charge in [-0.25, -0.2) is 4.98 Å². The fraction of sp³-hybridized carbons (Fsp3) is 0.286. The largest absolute Gasteiger partial charge is 0.438 e. The number of alkyl halides is 3. The van der Waals surface area contributed by atoms with E-state index in [0.29, 0.717) is 5.69 Å². The molecule has 1 heterocycles. The van der Waals surface area contributed by atoms with Gasteiger partial charge in [0.2, 0.25) is 11.6 Å². The highest BCUT2D eigenvalue weighted by molar-refractivity contribution is 5.94. The van der Waals surface area contributed by atoms with Crippen LogP contribution in [0, 0.1) is 13.8 Å². The Morgan fingerprint density at radius 3 is 2.45 bits per heavy atom. The lowest BCUT2D eigenvalue weighted by molar-refractivity contribution is -0.142. The molecule has 0 unspecified atom stereocenters. The second kappa shape index (κ2) is 7.69. The number of nitrogens with zero attached hydrogens (tertiary/aromatic N) is 2. The van der Waals surface area contributed by atoms with E-state index in [1.165, 1.54) is 18.2 Å². The number of carbonyl (C=O) groups excluding carboxylic acids is 1. The topological polar surface area (TPSA) is 64.0 Å². The maximum absolute atomic E-state index is 13.4. The number of benzene rings is 2. The van der Waals surface area contributed by atoms with E-state index in [1.54, 1.807) is 25.1 Å². The van der Waals surface area contributed by atoms with E-state index in [4.69, 9.17) is 0 Å². The van der Waals surface area contributed by atoms with Gasteiger partial charge < -0.3 is 5.32 Å². The van der Waals surface area contributed by atoms with Crippen molar-refractivity contribution >= 4 is 22.6 Å². The molecule has 0 aliphatic rings. The number of hydrogen-bond acceptors (Lipinski definition) is 3. The molecule has 0 aliphatic carbocycles. The molecule has 1 N–H and O–H groups in total. The standard InChI is InChI=1S/C21H20F3N3O2/c1-4-16(19(28)25-14-10-9-12(2)13(3)11-14)27-17-8-6-5-7-15(17)26-18(20(27)29)21(22,23)24/h5-11,16H,4H2,1-3H3,(H,25,28)/t16-/m1/s1. The number of hydrogen-bond donors (Lipinski definition) is 1. The Balaban J connectivity index is 2.13. The molecule has 1 amide bonds. The van der Waals surface area contributed by atoms with Gasteiger partial charge in [-0.3, -0.25) is 14.2 Å². The average Bonchev–Trinajstić information content (AvgIpc) is 2.66. The molecule has 5 nitrogen and oxygen atoms in total. The summed E-state index contributed by atoms with van der Waals surface area (Å²) in [4.78, 5) is 29.1. The van der Waals surface area contributed by atoms with Gasteiger partial charge in [0.1, 0.15) is 6.04 Å². The molecule has 29 heavy (non-hydrogen) atoms. The minimum absolute atomic E-state index is 0.00291. The maximum Gasteiger partial charge on any atom is 0.438 e. The maximum atomic E-state index is 13.4. The first kappa shape index (κ1) is 20.6. The van der Waals surface area contributed by atoms with Crippen molar-refractivity contribution in [3.05, 3.63) is 69.6 Å². The van der Waals surface area contributed by atoms with Crippen LogP contribution >= 0.6 is 0 Å². The molecule has 8 heteroatoms. The van der Waals surface area contributed by atoms with Crippen LogP contribution in [0.1, 0.15) is 36.2 Å². The summed E-state index contributed by atoms with van der Waals surface area (Å²) in [6.45, 7) is 5.45. The fourth-order valence-electron chi connectivity index (χ4n) is 3.18. The molecule has 1 aromatic heterocycles. The number of para-hydroxylation sites is 2. The van der Waals surface area contributed by atoms with E-state index < -0.39 is 29.4 Å². The Hall–Kier alpha value is -3.16. The summed E-state index contributed by atoms with van der Waals surface area (Å²) >= 11 is 0. The van der Waals surface area contributed by atoms with Gasteiger partial charge in [0.25, 0.3) is 5.56 Å². The Labute approximate surface area is 165 Å². The lowest BCUT2D eigenvalue weighted by Crippen LogP contribution is -2.37. The predicted octanol–water partition coefficient (Wildman–Crippen LogP) is 4.62. The SMILES string of the molecule is CC[C@H](C(=O)Nc1ccc(C)c(C)c1)n1c(=O)c(C(F)(F)F)nc2ccccc21. The summed E-state index contributed by atoms with van der Waals surface area (Å²) in [6, 6.07) is 10.2. The van der Waals surface area contributed by atoms with E-state index >= 15 is 0 Å². The molecule has 1 atom stereocenters. The molecule has 0 radical (unpaired) electrons. The highest BCUT2D eigenvalue weighted by atomic mass is 19.4. The molecule has 0 bridgehead atoms. The van der Waals surface area contributed by atoms with Gasteiger partial charge in [0.15, 0.2) is 0 Å². The summed E-state index contributed by atoms with van der Waals surface area (Å²) in [6.07, 6.45) is -4.80. The first-order valence-corrected chi connectivity index (χ1v) is 9.10. The Bertz CT molecular complexity index is 1140. The van der Waals surface area contributed by atoms with Crippen molar-refractivity contribution in [2.24, 2.45) is 0 Å². The number of rotatable bonds is 4. The second-order valence-electron chi connectivity index (χ2n) is 6.83. The Morgan fingerprint density at radius 1 is 1.14 bits per heavy atom. The summed E-state index contributed by atoms with van der Waals surface area (Å²) in [7, 11) is 0. The zero-order valence-electron chi connectivity index (χ0n) is 16.2. The van der Waals surface area contributed by atoms with E-state index in [2.05, 4.69) is 10.3 Å². The number of halogens is 3. The quantitative estimate of drug-likeness (QED) is 0.691. The number of fused-ring (bicyclic) bond motifs is 1. The summed E-state index contributed by atoms with van der Waals surface area (Å²) in [5.41, 5.74) is -0.182. The molecular weight excluding hydrogens is 383 g/mol. The number of nitrogens with one attached hydrogen (secondary N) is 1. The van der Waals surface area contributed by atoms with Gasteiger partial charge in [-0.1, -0.05) is 25.1 Å². The monoisotopic (exact) mass is 403 g/mol. The van der Waals surface area contributed by atoms with Crippen LogP contribution in [-0.4, -0.2) is 15.5 Å². The fourth-order valence-corrected chi connectivity index (χ4v) is 3.18. The Morgan fingerprint density at radius 2 is 1.83 bits per heavy atom. The number of aromatic nitrogens is 2. The molecule has 3 aromatic rings. The van der Waals surface area contributed by atoms with Crippen molar-refractivity contribution in [2.75, 3.05) is 5.32 Å². The van der Waals surface area contributed by atoms with Crippen molar-refractivity contribution in [3.8, 4) is 0 Å². The molecule has 2 aromatic carbocycles. The molecule has 0 saturated heterocycles. The lowest BCUT2D eigenvalue weighted by atomic mass is 10.1. The van der Waals surface area contributed by atoms with Crippen molar-refractivity contribution in [1.29, 1.82) is 0 Å². The van der Waals surface area contributed by atoms with Gasteiger partial charge in [-0.2, -0.15) is 13.2 Å². The van der Waals surface area contributed by atoms with Gasteiger partial charge in [0.05, 0.1) is 11.0 Å². The minimum atomic E-state index is -4.92. The van der Waals surface area contributed by atoms with Crippen LogP contribution in [-0.2, 0) is 11.0 Å². The van der Waals surface area contributed by atoms with Gasteiger partial charge in [0, 0.05) is 5.69 Å². The van der Waals surface area contributed by atoms with Crippen LogP contribution in [0.15, 0.2) is 47.3 Å².